The summed E-state index contributed by atoms with van der Waals surface area (Å²) in [6.07, 6.45) is -0.385. The molecule has 4 nitrogen and oxygen atoms in total. The number of anilines is 1. The van der Waals surface area contributed by atoms with Crippen LogP contribution in [-0.2, 0) is 5.41 Å². The minimum atomic E-state index is -0.385. The normalized spacial score (nSPS) is 15.5. The lowest BCUT2D eigenvalue weighted by molar-refractivity contribution is 0.196. The number of hydrogen-bond acceptors (Lipinski definition) is 5. The van der Waals surface area contributed by atoms with Crippen molar-refractivity contribution < 1.29 is 5.11 Å². The zero-order valence-corrected chi connectivity index (χ0v) is 12.8. The Bertz CT molecular complexity index is 427. The molecule has 0 aliphatic heterocycles. The smallest absolute Gasteiger partial charge is 0.137 e. The number of nitrogen functional groups attached to an aromatic ring is 1. The zero-order chi connectivity index (χ0) is 14.1. The number of aliphatic hydroxyl groups is 1. The summed E-state index contributed by atoms with van der Waals surface area (Å²) in [5.41, 5.74) is 6.70. The third kappa shape index (κ3) is 3.59. The molecule has 0 spiro atoms. The lowest BCUT2D eigenvalue weighted by Crippen LogP contribution is -2.20. The third-order valence-electron chi connectivity index (χ3n) is 2.79. The number of nitrogens with zero attached hydrogens (tertiary/aromatic N) is 2. The summed E-state index contributed by atoms with van der Waals surface area (Å²) in [5, 5.41) is 10.5. The van der Waals surface area contributed by atoms with Crippen LogP contribution < -0.4 is 5.73 Å². The monoisotopic (exact) mass is 269 g/mol. The van der Waals surface area contributed by atoms with Crippen molar-refractivity contribution in [2.75, 3.05) is 5.73 Å². The van der Waals surface area contributed by atoms with Crippen LogP contribution >= 0.6 is 11.8 Å². The highest BCUT2D eigenvalue weighted by Crippen LogP contribution is 2.31. The molecular weight excluding hydrogens is 246 g/mol. The lowest BCUT2D eigenvalue weighted by Gasteiger charge is -2.21. The maximum absolute atomic E-state index is 9.58. The Morgan fingerprint density at radius 2 is 1.78 bits per heavy atom. The summed E-state index contributed by atoms with van der Waals surface area (Å²) in [6, 6.07) is 0. The second kappa shape index (κ2) is 5.45. The summed E-state index contributed by atoms with van der Waals surface area (Å²) in [4.78, 5) is 8.94. The maximum atomic E-state index is 9.58. The van der Waals surface area contributed by atoms with E-state index in [1.807, 2.05) is 13.8 Å². The fourth-order valence-electron chi connectivity index (χ4n) is 1.24. The van der Waals surface area contributed by atoms with Gasteiger partial charge in [-0.15, -0.1) is 11.8 Å². The van der Waals surface area contributed by atoms with Crippen molar-refractivity contribution in [1.29, 1.82) is 0 Å². The molecule has 3 N–H and O–H groups in total. The number of nitrogens with two attached hydrogens (primary N) is 1. The van der Waals surface area contributed by atoms with Gasteiger partial charge in [0.2, 0.25) is 0 Å². The standard InChI is InChI=1S/C13H23N3OS/c1-7-10(14)15-12(13(4,5)6)16-11(7)18-9(3)8(2)17/h8-9,17H,1-6H3,(H2,14,15,16). The van der Waals surface area contributed by atoms with E-state index in [9.17, 15) is 5.11 Å². The number of hydrogen-bond donors (Lipinski definition) is 2. The van der Waals surface area contributed by atoms with E-state index >= 15 is 0 Å². The molecule has 0 saturated heterocycles. The minimum absolute atomic E-state index is 0.0748. The average Bonchev–Trinajstić information content (AvgIpc) is 2.22. The molecule has 0 fully saturated rings. The highest BCUT2D eigenvalue weighted by atomic mass is 32.2. The van der Waals surface area contributed by atoms with Gasteiger partial charge in [0.05, 0.1) is 6.10 Å². The van der Waals surface area contributed by atoms with Crippen LogP contribution in [0.25, 0.3) is 0 Å². The molecular formula is C13H23N3OS. The van der Waals surface area contributed by atoms with E-state index in [1.165, 1.54) is 0 Å². The van der Waals surface area contributed by atoms with Gasteiger partial charge in [0, 0.05) is 16.2 Å². The van der Waals surface area contributed by atoms with Gasteiger partial charge in [0.25, 0.3) is 0 Å². The van der Waals surface area contributed by atoms with E-state index in [1.54, 1.807) is 18.7 Å². The summed E-state index contributed by atoms with van der Waals surface area (Å²) in [6.45, 7) is 11.8. The van der Waals surface area contributed by atoms with Gasteiger partial charge in [-0.1, -0.05) is 27.7 Å². The summed E-state index contributed by atoms with van der Waals surface area (Å²) >= 11 is 1.54. The molecule has 1 heterocycles. The van der Waals surface area contributed by atoms with E-state index in [0.717, 1.165) is 16.4 Å². The molecule has 5 heteroatoms. The van der Waals surface area contributed by atoms with Gasteiger partial charge in [0.1, 0.15) is 16.7 Å². The molecule has 18 heavy (non-hydrogen) atoms. The number of thioether (sulfide) groups is 1. The lowest BCUT2D eigenvalue weighted by atomic mass is 9.95. The Kier molecular flexibility index (Phi) is 4.61. The van der Waals surface area contributed by atoms with Gasteiger partial charge in [-0.3, -0.25) is 0 Å². The number of rotatable bonds is 3. The molecule has 1 aromatic rings. The van der Waals surface area contributed by atoms with Crippen LogP contribution in [0.1, 0.15) is 46.0 Å². The van der Waals surface area contributed by atoms with Gasteiger partial charge in [-0.05, 0) is 13.8 Å². The van der Waals surface area contributed by atoms with Crippen molar-refractivity contribution in [1.82, 2.24) is 9.97 Å². The maximum Gasteiger partial charge on any atom is 0.137 e. The Labute approximate surface area is 113 Å². The van der Waals surface area contributed by atoms with E-state index in [-0.39, 0.29) is 16.8 Å². The van der Waals surface area contributed by atoms with E-state index in [2.05, 4.69) is 30.7 Å². The van der Waals surface area contributed by atoms with Gasteiger partial charge in [-0.25, -0.2) is 9.97 Å². The van der Waals surface area contributed by atoms with Crippen LogP contribution in [0.15, 0.2) is 5.03 Å². The molecule has 0 aromatic carbocycles. The molecule has 2 atom stereocenters. The predicted octanol–water partition coefficient (Wildman–Crippen LogP) is 2.53. The molecule has 1 aromatic heterocycles. The number of aromatic nitrogens is 2. The van der Waals surface area contributed by atoms with Crippen LogP contribution in [0.2, 0.25) is 0 Å². The second-order valence-electron chi connectivity index (χ2n) is 5.68. The largest absolute Gasteiger partial charge is 0.392 e. The van der Waals surface area contributed by atoms with Crippen molar-refractivity contribution >= 4 is 17.6 Å². The minimum Gasteiger partial charge on any atom is -0.392 e. The molecule has 1 rings (SSSR count). The summed E-state index contributed by atoms with van der Waals surface area (Å²) in [7, 11) is 0. The Morgan fingerprint density at radius 3 is 2.22 bits per heavy atom. The fourth-order valence-corrected chi connectivity index (χ4v) is 2.21. The average molecular weight is 269 g/mol. The molecule has 0 radical (unpaired) electrons. The Morgan fingerprint density at radius 1 is 1.22 bits per heavy atom. The Hall–Kier alpha value is -0.810. The Balaban J connectivity index is 3.15. The van der Waals surface area contributed by atoms with Crippen molar-refractivity contribution in [3.05, 3.63) is 11.4 Å². The van der Waals surface area contributed by atoms with Crippen molar-refractivity contribution in [2.24, 2.45) is 0 Å². The first-order valence-electron chi connectivity index (χ1n) is 6.12. The first-order chi connectivity index (χ1) is 8.12. The van der Waals surface area contributed by atoms with Crippen LogP contribution in [0.5, 0.6) is 0 Å². The second-order valence-corrected chi connectivity index (χ2v) is 7.04. The molecule has 102 valence electrons. The molecule has 0 aliphatic carbocycles. The molecule has 0 amide bonds. The molecule has 0 saturated carbocycles. The van der Waals surface area contributed by atoms with Gasteiger partial charge in [-0.2, -0.15) is 0 Å². The first-order valence-corrected chi connectivity index (χ1v) is 7.00. The highest BCUT2D eigenvalue weighted by Gasteiger charge is 2.22. The van der Waals surface area contributed by atoms with Gasteiger partial charge >= 0.3 is 0 Å². The van der Waals surface area contributed by atoms with Crippen molar-refractivity contribution in [3.63, 3.8) is 0 Å². The van der Waals surface area contributed by atoms with Crippen LogP contribution in [0.3, 0.4) is 0 Å². The zero-order valence-electron chi connectivity index (χ0n) is 12.0. The van der Waals surface area contributed by atoms with Crippen molar-refractivity contribution in [3.8, 4) is 0 Å². The number of aliphatic hydroxyl groups excluding tert-OH is 1. The summed E-state index contributed by atoms with van der Waals surface area (Å²) < 4.78 is 0. The third-order valence-corrected chi connectivity index (χ3v) is 4.17. The van der Waals surface area contributed by atoms with E-state index < -0.39 is 0 Å². The topological polar surface area (TPSA) is 72.0 Å². The first kappa shape index (κ1) is 15.2. The molecule has 0 aliphatic rings. The van der Waals surface area contributed by atoms with Crippen molar-refractivity contribution in [2.45, 2.75) is 63.3 Å². The van der Waals surface area contributed by atoms with E-state index in [4.69, 9.17) is 5.73 Å². The van der Waals surface area contributed by atoms with Crippen LogP contribution in [0, 0.1) is 6.92 Å². The summed E-state index contributed by atoms with van der Waals surface area (Å²) in [5.74, 6) is 1.26. The quantitative estimate of drug-likeness (QED) is 0.651. The van der Waals surface area contributed by atoms with Crippen LogP contribution in [0.4, 0.5) is 5.82 Å². The molecule has 2 unspecified atom stereocenters. The fraction of sp³-hybridized carbons (Fsp3) is 0.692. The van der Waals surface area contributed by atoms with E-state index in [0.29, 0.717) is 5.82 Å². The van der Waals surface area contributed by atoms with Crippen LogP contribution in [-0.4, -0.2) is 26.4 Å². The molecule has 0 bridgehead atoms. The predicted molar refractivity (Wildman–Crippen MR) is 76.9 cm³/mol. The SMILES string of the molecule is Cc1c(N)nc(C(C)(C)C)nc1SC(C)C(C)O. The van der Waals surface area contributed by atoms with Gasteiger partial charge in [0.15, 0.2) is 0 Å². The highest BCUT2D eigenvalue weighted by molar-refractivity contribution is 7.99. The van der Waals surface area contributed by atoms with Gasteiger partial charge < -0.3 is 10.8 Å².